The molecule has 7 nitrogen and oxygen atoms in total. The molecule has 0 amide bonds. The van der Waals surface area contributed by atoms with E-state index in [9.17, 15) is 9.59 Å². The van der Waals surface area contributed by atoms with Gasteiger partial charge >= 0.3 is 11.9 Å². The van der Waals surface area contributed by atoms with Gasteiger partial charge in [0.25, 0.3) is 0 Å². The van der Waals surface area contributed by atoms with Crippen molar-refractivity contribution < 1.29 is 33.3 Å². The van der Waals surface area contributed by atoms with Gasteiger partial charge in [-0.25, -0.2) is 0 Å². The topological polar surface area (TPSA) is 83.6 Å². The first-order valence-electron chi connectivity index (χ1n) is 6.65. The second-order valence-electron chi connectivity index (χ2n) is 5.17. The van der Waals surface area contributed by atoms with Gasteiger partial charge in [0.1, 0.15) is 24.9 Å². The summed E-state index contributed by atoms with van der Waals surface area (Å²) in [7, 11) is 0. The highest BCUT2D eigenvalue weighted by molar-refractivity contribution is 5.66. The SMILES string of the molecule is CC(=O)OC[C@H]1O[C@H](OC(C)C)[C@H](OC(C)=O)[C@H]2O[C@H]21. The fraction of sp³-hybridized carbons (Fsp3) is 0.846. The predicted octanol–water partition coefficient (Wildman–Crippen LogP) is 0.398. The second-order valence-corrected chi connectivity index (χ2v) is 5.17. The molecule has 0 radical (unpaired) electrons. The van der Waals surface area contributed by atoms with Gasteiger partial charge in [0, 0.05) is 13.8 Å². The van der Waals surface area contributed by atoms with Crippen LogP contribution in [0.1, 0.15) is 27.7 Å². The number of carbonyl (C=O) groups excluding carboxylic acids is 2. The molecule has 0 bridgehead atoms. The van der Waals surface area contributed by atoms with E-state index < -0.39 is 24.5 Å². The number of esters is 2. The molecule has 20 heavy (non-hydrogen) atoms. The van der Waals surface area contributed by atoms with Crippen LogP contribution in [0, 0.1) is 0 Å². The van der Waals surface area contributed by atoms with E-state index in [1.807, 2.05) is 13.8 Å². The molecule has 2 heterocycles. The van der Waals surface area contributed by atoms with Crippen LogP contribution in [0.5, 0.6) is 0 Å². The average Bonchev–Trinajstić information content (AvgIpc) is 3.08. The number of hydrogen-bond acceptors (Lipinski definition) is 7. The highest BCUT2D eigenvalue weighted by Gasteiger charge is 2.60. The monoisotopic (exact) mass is 288 g/mol. The van der Waals surface area contributed by atoms with E-state index in [2.05, 4.69) is 0 Å². The molecule has 0 spiro atoms. The maximum absolute atomic E-state index is 11.1. The van der Waals surface area contributed by atoms with Crippen LogP contribution >= 0.6 is 0 Å². The molecule has 2 fully saturated rings. The summed E-state index contributed by atoms with van der Waals surface area (Å²) in [5.41, 5.74) is 0. The molecule has 5 atom stereocenters. The third-order valence-electron chi connectivity index (χ3n) is 2.99. The number of ether oxygens (including phenoxy) is 5. The fourth-order valence-corrected chi connectivity index (χ4v) is 2.21. The highest BCUT2D eigenvalue weighted by Crippen LogP contribution is 2.39. The lowest BCUT2D eigenvalue weighted by molar-refractivity contribution is -0.254. The Kier molecular flexibility index (Phi) is 4.62. The highest BCUT2D eigenvalue weighted by atomic mass is 16.8. The van der Waals surface area contributed by atoms with E-state index in [-0.39, 0.29) is 30.9 Å². The number of fused-ring (bicyclic) bond motifs is 1. The van der Waals surface area contributed by atoms with E-state index in [0.29, 0.717) is 0 Å². The van der Waals surface area contributed by atoms with Crippen LogP contribution in [-0.4, -0.2) is 55.4 Å². The van der Waals surface area contributed by atoms with Crippen LogP contribution in [0.15, 0.2) is 0 Å². The maximum Gasteiger partial charge on any atom is 0.303 e. The first-order chi connectivity index (χ1) is 9.38. The molecule has 0 aromatic rings. The molecule has 2 saturated heterocycles. The first kappa shape index (κ1) is 15.2. The summed E-state index contributed by atoms with van der Waals surface area (Å²) >= 11 is 0. The van der Waals surface area contributed by atoms with E-state index in [4.69, 9.17) is 23.7 Å². The molecular formula is C13H20O7. The largest absolute Gasteiger partial charge is 0.463 e. The van der Waals surface area contributed by atoms with Crippen molar-refractivity contribution in [1.29, 1.82) is 0 Å². The Morgan fingerprint density at radius 3 is 2.35 bits per heavy atom. The van der Waals surface area contributed by atoms with Gasteiger partial charge in [-0.15, -0.1) is 0 Å². The summed E-state index contributed by atoms with van der Waals surface area (Å²) in [4.78, 5) is 22.0. The van der Waals surface area contributed by atoms with Crippen LogP contribution in [0.3, 0.4) is 0 Å². The number of epoxide rings is 1. The van der Waals surface area contributed by atoms with Crippen molar-refractivity contribution in [2.75, 3.05) is 6.61 Å². The lowest BCUT2D eigenvalue weighted by Gasteiger charge is -2.33. The van der Waals surface area contributed by atoms with Gasteiger partial charge in [0.2, 0.25) is 0 Å². The molecule has 0 saturated carbocycles. The summed E-state index contributed by atoms with van der Waals surface area (Å²) in [5.74, 6) is -0.794. The summed E-state index contributed by atoms with van der Waals surface area (Å²) < 4.78 is 27.0. The predicted molar refractivity (Wildman–Crippen MR) is 65.7 cm³/mol. The van der Waals surface area contributed by atoms with Crippen LogP contribution in [0.25, 0.3) is 0 Å². The average molecular weight is 288 g/mol. The Morgan fingerprint density at radius 1 is 1.10 bits per heavy atom. The summed E-state index contributed by atoms with van der Waals surface area (Å²) in [6, 6.07) is 0. The second kappa shape index (κ2) is 6.07. The van der Waals surface area contributed by atoms with Crippen molar-refractivity contribution in [1.82, 2.24) is 0 Å². The van der Waals surface area contributed by atoms with E-state index in [0.717, 1.165) is 0 Å². The fourth-order valence-electron chi connectivity index (χ4n) is 2.21. The normalized spacial score (nSPS) is 35.4. The van der Waals surface area contributed by atoms with Crippen molar-refractivity contribution >= 4 is 11.9 Å². The lowest BCUT2D eigenvalue weighted by atomic mass is 10.1. The third-order valence-corrected chi connectivity index (χ3v) is 2.99. The number of hydrogen-bond donors (Lipinski definition) is 0. The van der Waals surface area contributed by atoms with Gasteiger partial charge in [-0.05, 0) is 13.8 Å². The zero-order chi connectivity index (χ0) is 14.9. The quantitative estimate of drug-likeness (QED) is 0.534. The van der Waals surface area contributed by atoms with Gasteiger partial charge in [0.15, 0.2) is 12.4 Å². The van der Waals surface area contributed by atoms with Crippen LogP contribution in [-0.2, 0) is 33.3 Å². The molecule has 7 heteroatoms. The summed E-state index contributed by atoms with van der Waals surface area (Å²) in [6.45, 7) is 6.47. The molecule has 0 unspecified atom stereocenters. The number of rotatable bonds is 5. The van der Waals surface area contributed by atoms with Crippen molar-refractivity contribution in [2.45, 2.75) is 64.5 Å². The van der Waals surface area contributed by atoms with E-state index in [1.165, 1.54) is 13.8 Å². The standard InChI is InChI=1S/C13H20O7/c1-6(2)17-13-12(18-8(4)15)11-10(20-11)9(19-13)5-16-7(3)14/h6,9-13H,5H2,1-4H3/t9-,10+,11+,12-,13+/m1/s1. The van der Waals surface area contributed by atoms with Gasteiger partial charge in [-0.1, -0.05) is 0 Å². The lowest BCUT2D eigenvalue weighted by Crippen LogP contribution is -2.50. The van der Waals surface area contributed by atoms with Crippen LogP contribution in [0.4, 0.5) is 0 Å². The molecule has 0 aromatic heterocycles. The number of carbonyl (C=O) groups is 2. The Labute approximate surface area is 117 Å². The molecule has 0 aliphatic carbocycles. The Hall–Kier alpha value is -1.18. The van der Waals surface area contributed by atoms with Crippen molar-refractivity contribution in [3.8, 4) is 0 Å². The van der Waals surface area contributed by atoms with Gasteiger partial charge in [-0.3, -0.25) is 9.59 Å². The molecule has 0 aromatic carbocycles. The molecule has 2 rings (SSSR count). The smallest absolute Gasteiger partial charge is 0.303 e. The van der Waals surface area contributed by atoms with Gasteiger partial charge < -0.3 is 23.7 Å². The minimum atomic E-state index is -0.719. The zero-order valence-corrected chi connectivity index (χ0v) is 12.0. The summed E-state index contributed by atoms with van der Waals surface area (Å²) in [5, 5.41) is 0. The van der Waals surface area contributed by atoms with Crippen molar-refractivity contribution in [3.63, 3.8) is 0 Å². The minimum absolute atomic E-state index is 0.0947. The maximum atomic E-state index is 11.1. The van der Waals surface area contributed by atoms with Gasteiger partial charge in [-0.2, -0.15) is 0 Å². The van der Waals surface area contributed by atoms with Gasteiger partial charge in [0.05, 0.1) is 6.10 Å². The Balaban J connectivity index is 1.99. The molecular weight excluding hydrogens is 268 g/mol. The summed E-state index contributed by atoms with van der Waals surface area (Å²) in [6.07, 6.45) is -2.30. The molecule has 2 aliphatic heterocycles. The first-order valence-corrected chi connectivity index (χ1v) is 6.65. The van der Waals surface area contributed by atoms with Crippen molar-refractivity contribution in [3.05, 3.63) is 0 Å². The van der Waals surface area contributed by atoms with E-state index >= 15 is 0 Å². The van der Waals surface area contributed by atoms with Crippen molar-refractivity contribution in [2.24, 2.45) is 0 Å². The third kappa shape index (κ3) is 3.68. The molecule has 114 valence electrons. The zero-order valence-electron chi connectivity index (χ0n) is 12.0. The van der Waals surface area contributed by atoms with Crippen LogP contribution in [0.2, 0.25) is 0 Å². The van der Waals surface area contributed by atoms with Crippen LogP contribution < -0.4 is 0 Å². The molecule has 2 aliphatic rings. The minimum Gasteiger partial charge on any atom is -0.463 e. The van der Waals surface area contributed by atoms with E-state index in [1.54, 1.807) is 0 Å². The molecule has 0 N–H and O–H groups in total. The Morgan fingerprint density at radius 2 is 1.80 bits per heavy atom. The Bertz CT molecular complexity index is 381.